The fraction of sp³-hybridized carbons (Fsp3) is 0.444. The second-order valence-electron chi connectivity index (χ2n) is 3.14. The molecule has 0 fully saturated rings. The molecule has 12 heavy (non-hydrogen) atoms. The molecule has 1 rings (SSSR count). The lowest BCUT2D eigenvalue weighted by atomic mass is 10.3. The van der Waals surface area contributed by atoms with Gasteiger partial charge in [-0.05, 0) is 32.4 Å². The van der Waals surface area contributed by atoms with Crippen LogP contribution in [-0.2, 0) is 0 Å². The summed E-state index contributed by atoms with van der Waals surface area (Å²) < 4.78 is 0. The average molecular weight is 185 g/mol. The quantitative estimate of drug-likeness (QED) is 0.765. The van der Waals surface area contributed by atoms with Gasteiger partial charge >= 0.3 is 0 Å². The van der Waals surface area contributed by atoms with Crippen LogP contribution in [0.3, 0.4) is 0 Å². The van der Waals surface area contributed by atoms with Gasteiger partial charge in [0, 0.05) is 12.2 Å². The fourth-order valence-corrected chi connectivity index (χ4v) is 1.19. The lowest BCUT2D eigenvalue weighted by Crippen LogP contribution is -2.11. The first-order valence-corrected chi connectivity index (χ1v) is 4.36. The fourth-order valence-electron chi connectivity index (χ4n) is 0.913. The van der Waals surface area contributed by atoms with Crippen LogP contribution >= 0.6 is 11.6 Å². The second-order valence-corrected chi connectivity index (χ2v) is 3.55. The zero-order chi connectivity index (χ0) is 9.14. The van der Waals surface area contributed by atoms with Crippen molar-refractivity contribution < 1.29 is 0 Å². The molecular formula is C9H13ClN2. The summed E-state index contributed by atoms with van der Waals surface area (Å²) in [5.41, 5.74) is 1.08. The highest BCUT2D eigenvalue weighted by atomic mass is 35.5. The molecule has 0 aliphatic carbocycles. The largest absolute Gasteiger partial charge is 0.367 e. The van der Waals surface area contributed by atoms with Crippen molar-refractivity contribution in [2.75, 3.05) is 5.32 Å². The zero-order valence-electron chi connectivity index (χ0n) is 7.56. The second kappa shape index (κ2) is 3.76. The van der Waals surface area contributed by atoms with Crippen LogP contribution in [0.5, 0.6) is 0 Å². The maximum Gasteiger partial charge on any atom is 0.144 e. The number of rotatable bonds is 2. The van der Waals surface area contributed by atoms with E-state index in [1.54, 1.807) is 6.20 Å². The number of halogens is 1. The Kier molecular flexibility index (Phi) is 2.93. The first kappa shape index (κ1) is 9.33. The normalized spacial score (nSPS) is 10.4. The third-order valence-electron chi connectivity index (χ3n) is 1.40. The van der Waals surface area contributed by atoms with Crippen molar-refractivity contribution >= 4 is 17.4 Å². The van der Waals surface area contributed by atoms with Crippen LogP contribution in [0.2, 0.25) is 5.02 Å². The highest BCUT2D eigenvalue weighted by Gasteiger charge is 2.02. The first-order valence-electron chi connectivity index (χ1n) is 3.98. The van der Waals surface area contributed by atoms with Crippen molar-refractivity contribution in [1.29, 1.82) is 0 Å². The molecule has 0 saturated heterocycles. The summed E-state index contributed by atoms with van der Waals surface area (Å²) >= 11 is 5.95. The Morgan fingerprint density at radius 2 is 2.17 bits per heavy atom. The van der Waals surface area contributed by atoms with E-state index in [1.807, 2.05) is 13.0 Å². The molecule has 1 aromatic rings. The summed E-state index contributed by atoms with van der Waals surface area (Å²) in [5.74, 6) is 0.761. The Labute approximate surface area is 78.0 Å². The highest BCUT2D eigenvalue weighted by molar-refractivity contribution is 6.32. The van der Waals surface area contributed by atoms with Crippen LogP contribution in [0.15, 0.2) is 12.3 Å². The van der Waals surface area contributed by atoms with Gasteiger partial charge in [-0.3, -0.25) is 0 Å². The molecule has 0 aromatic carbocycles. The Balaban J connectivity index is 2.86. The molecule has 0 spiro atoms. The van der Waals surface area contributed by atoms with Crippen molar-refractivity contribution in [3.05, 3.63) is 22.8 Å². The Hall–Kier alpha value is -0.760. The van der Waals surface area contributed by atoms with Crippen molar-refractivity contribution in [3.8, 4) is 0 Å². The molecule has 0 saturated carbocycles. The maximum absolute atomic E-state index is 5.95. The molecule has 0 atom stereocenters. The molecule has 0 aliphatic rings. The minimum absolute atomic E-state index is 0.359. The van der Waals surface area contributed by atoms with E-state index in [0.717, 1.165) is 11.4 Å². The Bertz CT molecular complexity index is 271. The molecule has 0 unspecified atom stereocenters. The molecule has 1 aromatic heterocycles. The van der Waals surface area contributed by atoms with Gasteiger partial charge in [0.2, 0.25) is 0 Å². The van der Waals surface area contributed by atoms with Crippen LogP contribution in [-0.4, -0.2) is 11.0 Å². The van der Waals surface area contributed by atoms with Crippen LogP contribution in [0.4, 0.5) is 5.82 Å². The lowest BCUT2D eigenvalue weighted by molar-refractivity contribution is 0.888. The smallest absolute Gasteiger partial charge is 0.144 e. The molecule has 2 nitrogen and oxygen atoms in total. The summed E-state index contributed by atoms with van der Waals surface area (Å²) in [6.07, 6.45) is 1.80. The van der Waals surface area contributed by atoms with Gasteiger partial charge in [0.05, 0.1) is 5.02 Å². The van der Waals surface area contributed by atoms with Crippen LogP contribution in [0.1, 0.15) is 19.4 Å². The van der Waals surface area contributed by atoms with Gasteiger partial charge in [-0.15, -0.1) is 0 Å². The molecule has 0 bridgehead atoms. The molecule has 0 aliphatic heterocycles. The average Bonchev–Trinajstić information content (AvgIpc) is 1.94. The summed E-state index contributed by atoms with van der Waals surface area (Å²) in [6, 6.07) is 2.26. The van der Waals surface area contributed by atoms with E-state index in [1.165, 1.54) is 0 Å². The van der Waals surface area contributed by atoms with Crippen LogP contribution < -0.4 is 5.32 Å². The number of aromatic nitrogens is 1. The lowest BCUT2D eigenvalue weighted by Gasteiger charge is -2.10. The molecule has 1 N–H and O–H groups in total. The van der Waals surface area contributed by atoms with E-state index in [-0.39, 0.29) is 0 Å². The van der Waals surface area contributed by atoms with E-state index in [0.29, 0.717) is 11.1 Å². The van der Waals surface area contributed by atoms with Gasteiger partial charge in [0.1, 0.15) is 5.82 Å². The van der Waals surface area contributed by atoms with Gasteiger partial charge in [-0.1, -0.05) is 11.6 Å². The maximum atomic E-state index is 5.95. The number of aryl methyl sites for hydroxylation is 1. The molecule has 0 amide bonds. The van der Waals surface area contributed by atoms with Crippen molar-refractivity contribution in [2.24, 2.45) is 0 Å². The van der Waals surface area contributed by atoms with E-state index in [9.17, 15) is 0 Å². The van der Waals surface area contributed by atoms with Gasteiger partial charge in [-0.25, -0.2) is 4.98 Å². The summed E-state index contributed by atoms with van der Waals surface area (Å²) in [4.78, 5) is 4.17. The molecule has 0 radical (unpaired) electrons. The monoisotopic (exact) mass is 184 g/mol. The molecular weight excluding hydrogens is 172 g/mol. The predicted molar refractivity (Wildman–Crippen MR) is 52.7 cm³/mol. The minimum Gasteiger partial charge on any atom is -0.367 e. The van der Waals surface area contributed by atoms with Crippen molar-refractivity contribution in [2.45, 2.75) is 26.8 Å². The Morgan fingerprint density at radius 1 is 1.50 bits per heavy atom. The van der Waals surface area contributed by atoms with Gasteiger partial charge in [-0.2, -0.15) is 0 Å². The summed E-state index contributed by atoms with van der Waals surface area (Å²) in [7, 11) is 0. The molecule has 1 heterocycles. The van der Waals surface area contributed by atoms with Gasteiger partial charge < -0.3 is 5.32 Å². The van der Waals surface area contributed by atoms with E-state index in [2.05, 4.69) is 24.1 Å². The first-order chi connectivity index (χ1) is 5.59. The van der Waals surface area contributed by atoms with Crippen molar-refractivity contribution in [3.63, 3.8) is 0 Å². The topological polar surface area (TPSA) is 24.9 Å². The number of hydrogen-bond acceptors (Lipinski definition) is 2. The number of nitrogens with one attached hydrogen (secondary N) is 1. The third kappa shape index (κ3) is 2.38. The van der Waals surface area contributed by atoms with E-state index in [4.69, 9.17) is 11.6 Å². The SMILES string of the molecule is Cc1cnc(NC(C)C)c(Cl)c1. The number of nitrogens with zero attached hydrogens (tertiary/aromatic N) is 1. The highest BCUT2D eigenvalue weighted by Crippen LogP contribution is 2.19. The number of anilines is 1. The zero-order valence-corrected chi connectivity index (χ0v) is 8.31. The van der Waals surface area contributed by atoms with Gasteiger partial charge in [0.25, 0.3) is 0 Å². The van der Waals surface area contributed by atoms with E-state index >= 15 is 0 Å². The minimum atomic E-state index is 0.359. The predicted octanol–water partition coefficient (Wildman–Crippen LogP) is 2.86. The molecule has 66 valence electrons. The van der Waals surface area contributed by atoms with Gasteiger partial charge in [0.15, 0.2) is 0 Å². The van der Waals surface area contributed by atoms with Crippen LogP contribution in [0, 0.1) is 6.92 Å². The van der Waals surface area contributed by atoms with Crippen LogP contribution in [0.25, 0.3) is 0 Å². The molecule has 3 heteroatoms. The van der Waals surface area contributed by atoms with E-state index < -0.39 is 0 Å². The summed E-state index contributed by atoms with van der Waals surface area (Å²) in [5, 5.41) is 3.84. The summed E-state index contributed by atoms with van der Waals surface area (Å²) in [6.45, 7) is 6.08. The number of pyridine rings is 1. The third-order valence-corrected chi connectivity index (χ3v) is 1.69. The standard InChI is InChI=1S/C9H13ClN2/c1-6(2)12-9-8(10)4-7(3)5-11-9/h4-6H,1-3H3,(H,11,12). The Morgan fingerprint density at radius 3 is 2.67 bits per heavy atom. The number of hydrogen-bond donors (Lipinski definition) is 1. The van der Waals surface area contributed by atoms with Crippen molar-refractivity contribution in [1.82, 2.24) is 4.98 Å².